The van der Waals surface area contributed by atoms with Gasteiger partial charge in [-0.25, -0.2) is 0 Å². The van der Waals surface area contributed by atoms with Crippen LogP contribution in [0.4, 0.5) is 0 Å². The molecule has 0 heterocycles. The Morgan fingerprint density at radius 2 is 1.18 bits per heavy atom. The highest BCUT2D eigenvalue weighted by molar-refractivity contribution is 6.60. The molecule has 1 heteroatoms. The van der Waals surface area contributed by atoms with Crippen molar-refractivity contribution in [2.75, 3.05) is 0 Å². The smallest absolute Gasteiger partial charge is 0.0937 e. The Balaban J connectivity index is 4.20. The molecule has 0 spiro atoms. The molecule has 1 unspecified atom stereocenters. The van der Waals surface area contributed by atoms with Gasteiger partial charge in [-0.2, -0.15) is 0 Å². The molecule has 0 aromatic rings. The lowest BCUT2D eigenvalue weighted by Gasteiger charge is -2.23. The van der Waals surface area contributed by atoms with Crippen LogP contribution in [0, 0.1) is 0 Å². The van der Waals surface area contributed by atoms with Crippen LogP contribution in [0.1, 0.15) is 85.5 Å². The largest absolute Gasteiger partial charge is 0.265 e. The number of hydrogen-bond donors (Lipinski definition) is 0. The van der Waals surface area contributed by atoms with Crippen LogP contribution in [-0.2, 0) is 0 Å². The molecule has 0 rings (SSSR count). The lowest BCUT2D eigenvalue weighted by atomic mass is 10.1. The van der Waals surface area contributed by atoms with Crippen LogP contribution < -0.4 is 0 Å². The minimum absolute atomic E-state index is 0.433. The van der Waals surface area contributed by atoms with Gasteiger partial charge in [0.25, 0.3) is 14.1 Å². The second kappa shape index (κ2) is 13.0. The third-order valence-electron chi connectivity index (χ3n) is 4.11. The van der Waals surface area contributed by atoms with Gasteiger partial charge in [0.2, 0.25) is 0 Å². The Labute approximate surface area is 115 Å². The summed E-state index contributed by atoms with van der Waals surface area (Å²) in [7, 11) is 0. The molecule has 0 aliphatic heterocycles. The molecule has 17 heavy (non-hydrogen) atoms. The van der Waals surface area contributed by atoms with Crippen LogP contribution in [0.2, 0.25) is 15.3 Å². The van der Waals surface area contributed by atoms with Crippen LogP contribution in [0.25, 0.3) is 0 Å². The van der Waals surface area contributed by atoms with E-state index in [1.54, 1.807) is 17.0 Å². The quantitative estimate of drug-likeness (QED) is 0.351. The van der Waals surface area contributed by atoms with Crippen LogP contribution in [0.3, 0.4) is 0 Å². The van der Waals surface area contributed by atoms with E-state index in [-0.39, 0.29) is 0 Å². The summed E-state index contributed by atoms with van der Waals surface area (Å²) in [6.45, 7) is 9.43. The van der Waals surface area contributed by atoms with Crippen molar-refractivity contribution in [3.8, 4) is 0 Å². The Bertz CT molecular complexity index is 136. The van der Waals surface area contributed by atoms with E-state index in [9.17, 15) is 0 Å². The van der Waals surface area contributed by atoms with Gasteiger partial charge >= 0.3 is 0 Å². The van der Waals surface area contributed by atoms with E-state index in [4.69, 9.17) is 0 Å². The maximum atomic E-state index is 2.38. The number of hydrogen-bond acceptors (Lipinski definition) is 0. The molecule has 0 aliphatic rings. The van der Waals surface area contributed by atoms with Crippen molar-refractivity contribution >= 4 is 14.1 Å². The minimum atomic E-state index is -0.433. The summed E-state index contributed by atoms with van der Waals surface area (Å²) in [5.74, 6) is 0. The van der Waals surface area contributed by atoms with Crippen molar-refractivity contribution in [1.29, 1.82) is 0 Å². The first-order valence-corrected chi connectivity index (χ1v) is 10.6. The molecule has 0 saturated heterocycles. The standard InChI is InChI=1S/C8H17.2C4H9.Al/c1-3-5-7-8-6-4-2;2*1-3-4-2;/h7H,3-6,8H2,1-2H3;2*1,3-4H2,2H3;. The zero-order valence-electron chi connectivity index (χ0n) is 12.9. The first kappa shape index (κ1) is 17.5. The van der Waals surface area contributed by atoms with E-state index in [1.807, 2.05) is 0 Å². The summed E-state index contributed by atoms with van der Waals surface area (Å²) >= 11 is -0.433. The second-order valence-electron chi connectivity index (χ2n) is 5.74. The molecule has 0 saturated carbocycles. The Hall–Kier alpha value is 0.532. The van der Waals surface area contributed by atoms with Crippen molar-refractivity contribution in [3.63, 3.8) is 0 Å². The van der Waals surface area contributed by atoms with Gasteiger partial charge in [-0.3, -0.25) is 0 Å². The monoisotopic (exact) mass is 254 g/mol. The summed E-state index contributed by atoms with van der Waals surface area (Å²) in [6.07, 6.45) is 13.2. The molecule has 0 amide bonds. The third-order valence-corrected chi connectivity index (χ3v) is 8.41. The SMILES string of the molecule is CCCC[CH](CCC)[Al]([CH2]CCC)[CH2]CCC. The predicted molar refractivity (Wildman–Crippen MR) is 83.4 cm³/mol. The first-order valence-electron chi connectivity index (χ1n) is 8.29. The average molecular weight is 254 g/mol. The lowest BCUT2D eigenvalue weighted by Crippen LogP contribution is -2.20. The summed E-state index contributed by atoms with van der Waals surface area (Å²) in [4.78, 5) is 0. The zero-order chi connectivity index (χ0) is 12.9. The summed E-state index contributed by atoms with van der Waals surface area (Å²) < 4.78 is 1.16. The van der Waals surface area contributed by atoms with E-state index in [1.165, 1.54) is 51.4 Å². The molecule has 0 fully saturated rings. The molecule has 102 valence electrons. The fourth-order valence-corrected chi connectivity index (χ4v) is 7.61. The van der Waals surface area contributed by atoms with E-state index in [2.05, 4.69) is 27.7 Å². The van der Waals surface area contributed by atoms with Gasteiger partial charge < -0.3 is 0 Å². The summed E-state index contributed by atoms with van der Waals surface area (Å²) in [5, 5.41) is 3.26. The summed E-state index contributed by atoms with van der Waals surface area (Å²) in [5.41, 5.74) is 0. The van der Waals surface area contributed by atoms with Crippen LogP contribution in [0.15, 0.2) is 0 Å². The Morgan fingerprint density at radius 3 is 1.59 bits per heavy atom. The Kier molecular flexibility index (Phi) is 13.4. The fourth-order valence-electron chi connectivity index (χ4n) is 3.00. The predicted octanol–water partition coefficient (Wildman–Crippen LogP) is 6.44. The van der Waals surface area contributed by atoms with Crippen molar-refractivity contribution in [3.05, 3.63) is 0 Å². The van der Waals surface area contributed by atoms with E-state index < -0.39 is 14.1 Å². The molecule has 0 aromatic heterocycles. The number of unbranched alkanes of at least 4 members (excludes halogenated alkanes) is 3. The maximum absolute atomic E-state index is 2.38. The molecule has 0 aromatic carbocycles. The highest BCUT2D eigenvalue weighted by Crippen LogP contribution is 2.30. The summed E-state index contributed by atoms with van der Waals surface area (Å²) in [6, 6.07) is 0. The molecular weight excluding hydrogens is 219 g/mol. The fraction of sp³-hybridized carbons (Fsp3) is 1.00. The molecular formula is C16H35Al. The number of rotatable bonds is 12. The highest BCUT2D eigenvalue weighted by Gasteiger charge is 2.25. The minimum Gasteiger partial charge on any atom is -0.0937 e. The van der Waals surface area contributed by atoms with Crippen molar-refractivity contribution in [2.24, 2.45) is 0 Å². The van der Waals surface area contributed by atoms with Gasteiger partial charge in [-0.05, 0) is 0 Å². The molecule has 0 radical (unpaired) electrons. The van der Waals surface area contributed by atoms with E-state index >= 15 is 0 Å². The van der Waals surface area contributed by atoms with Crippen LogP contribution >= 0.6 is 0 Å². The molecule has 0 aliphatic carbocycles. The van der Waals surface area contributed by atoms with Crippen molar-refractivity contribution in [2.45, 2.75) is 101 Å². The van der Waals surface area contributed by atoms with Gasteiger partial charge in [0.1, 0.15) is 0 Å². The van der Waals surface area contributed by atoms with Gasteiger partial charge in [0.15, 0.2) is 0 Å². The van der Waals surface area contributed by atoms with Crippen LogP contribution in [-0.4, -0.2) is 14.1 Å². The molecule has 1 atom stereocenters. The molecule has 0 nitrogen and oxygen atoms in total. The maximum Gasteiger partial charge on any atom is 0.265 e. The van der Waals surface area contributed by atoms with Crippen molar-refractivity contribution < 1.29 is 0 Å². The van der Waals surface area contributed by atoms with Crippen LogP contribution in [0.5, 0.6) is 0 Å². The Morgan fingerprint density at radius 1 is 0.647 bits per heavy atom. The average Bonchev–Trinajstić information content (AvgIpc) is 2.35. The lowest BCUT2D eigenvalue weighted by molar-refractivity contribution is 0.604. The van der Waals surface area contributed by atoms with Gasteiger partial charge in [-0.1, -0.05) is 101 Å². The van der Waals surface area contributed by atoms with Gasteiger partial charge in [-0.15, -0.1) is 0 Å². The van der Waals surface area contributed by atoms with Gasteiger partial charge in [0.05, 0.1) is 0 Å². The highest BCUT2D eigenvalue weighted by atomic mass is 27.2. The molecule has 0 N–H and O–H groups in total. The normalized spacial score (nSPS) is 12.7. The zero-order valence-corrected chi connectivity index (χ0v) is 14.1. The first-order chi connectivity index (χ1) is 8.29. The van der Waals surface area contributed by atoms with E-state index in [0.717, 1.165) is 4.78 Å². The van der Waals surface area contributed by atoms with Crippen molar-refractivity contribution in [1.82, 2.24) is 0 Å². The van der Waals surface area contributed by atoms with E-state index in [0.29, 0.717) is 0 Å². The molecule has 0 bridgehead atoms. The van der Waals surface area contributed by atoms with Gasteiger partial charge in [0, 0.05) is 0 Å². The topological polar surface area (TPSA) is 0 Å². The third kappa shape index (κ3) is 9.15. The second-order valence-corrected chi connectivity index (χ2v) is 9.35.